The molecule has 0 bridgehead atoms. The Balaban J connectivity index is 0.00000392. The Labute approximate surface area is 185 Å². The van der Waals surface area contributed by atoms with E-state index in [2.05, 4.69) is 46.4 Å². The average Bonchev–Trinajstić information content (AvgIpc) is 2.64. The van der Waals surface area contributed by atoms with E-state index in [1.807, 2.05) is 19.2 Å². The highest BCUT2D eigenvalue weighted by Crippen LogP contribution is 2.14. The molecular weight excluding hydrogens is 487 g/mol. The highest BCUT2D eigenvalue weighted by molar-refractivity contribution is 14.0. The fraction of sp³-hybridized carbons (Fsp3) is 0.350. The maximum Gasteiger partial charge on any atom is 0.242 e. The lowest BCUT2D eigenvalue weighted by Crippen LogP contribution is -2.38. The maximum atomic E-state index is 12.1. The van der Waals surface area contributed by atoms with Crippen LogP contribution in [0.3, 0.4) is 0 Å². The molecule has 0 amide bonds. The fourth-order valence-electron chi connectivity index (χ4n) is 2.60. The Morgan fingerprint density at radius 2 is 1.50 bits per heavy atom. The normalized spacial score (nSPS) is 11.9. The van der Waals surface area contributed by atoms with E-state index in [-0.39, 0.29) is 28.9 Å². The lowest BCUT2D eigenvalue weighted by Gasteiger charge is -2.22. The summed E-state index contributed by atoms with van der Waals surface area (Å²) in [6.07, 6.45) is 0. The first-order valence-corrected chi connectivity index (χ1v) is 10.2. The molecule has 6 nitrogen and oxygen atoms in total. The van der Waals surface area contributed by atoms with Crippen molar-refractivity contribution in [3.8, 4) is 0 Å². The van der Waals surface area contributed by atoms with Crippen molar-refractivity contribution < 1.29 is 8.42 Å². The summed E-state index contributed by atoms with van der Waals surface area (Å²) in [5.41, 5.74) is 3.44. The van der Waals surface area contributed by atoms with Crippen molar-refractivity contribution in [3.05, 3.63) is 65.2 Å². The Bertz CT molecular complexity index is 879. The van der Waals surface area contributed by atoms with Crippen LogP contribution in [0, 0.1) is 6.92 Å². The minimum absolute atomic E-state index is 0. The smallest absolute Gasteiger partial charge is 0.242 e. The summed E-state index contributed by atoms with van der Waals surface area (Å²) in [5.74, 6) is 0.778. The van der Waals surface area contributed by atoms with Crippen LogP contribution in [0.2, 0.25) is 0 Å². The molecule has 0 radical (unpaired) electrons. The summed E-state index contributed by atoms with van der Waals surface area (Å²) in [6.45, 7) is 3.39. The highest BCUT2D eigenvalue weighted by atomic mass is 127. The van der Waals surface area contributed by atoms with Crippen molar-refractivity contribution in [1.29, 1.82) is 0 Å². The Hall–Kier alpha value is -1.65. The quantitative estimate of drug-likeness (QED) is 0.364. The van der Waals surface area contributed by atoms with Gasteiger partial charge >= 0.3 is 0 Å². The standard InChI is InChI=1S/C20H28N4O2S.HI/c1-16-6-8-18(9-7-16)15-24(5)20(21-2)22-14-17-10-12-19(13-11-17)27(25,26)23(3)4;/h6-13H,14-15H2,1-5H3,(H,21,22);1H. The van der Waals surface area contributed by atoms with Gasteiger partial charge in [-0.15, -0.1) is 24.0 Å². The van der Waals surface area contributed by atoms with Gasteiger partial charge in [0.1, 0.15) is 0 Å². The van der Waals surface area contributed by atoms with Gasteiger partial charge in [0.25, 0.3) is 0 Å². The zero-order chi connectivity index (χ0) is 20.0. The predicted octanol–water partition coefficient (Wildman–Crippen LogP) is 3.07. The Morgan fingerprint density at radius 1 is 0.964 bits per heavy atom. The molecule has 0 aliphatic rings. The molecule has 0 heterocycles. The van der Waals surface area contributed by atoms with Gasteiger partial charge in [-0.25, -0.2) is 12.7 Å². The molecule has 0 aliphatic carbocycles. The first-order valence-electron chi connectivity index (χ1n) is 8.73. The van der Waals surface area contributed by atoms with E-state index in [9.17, 15) is 8.42 Å². The molecule has 2 aromatic carbocycles. The van der Waals surface area contributed by atoms with Crippen LogP contribution < -0.4 is 5.32 Å². The molecule has 2 aromatic rings. The number of hydrogen-bond acceptors (Lipinski definition) is 3. The first kappa shape index (κ1) is 24.4. The van der Waals surface area contributed by atoms with E-state index in [4.69, 9.17) is 0 Å². The molecule has 154 valence electrons. The Kier molecular flexibility index (Phi) is 9.38. The maximum absolute atomic E-state index is 12.1. The lowest BCUT2D eigenvalue weighted by atomic mass is 10.1. The van der Waals surface area contributed by atoms with Crippen molar-refractivity contribution in [1.82, 2.24) is 14.5 Å². The van der Waals surface area contributed by atoms with E-state index in [0.29, 0.717) is 6.54 Å². The van der Waals surface area contributed by atoms with Gasteiger partial charge in [0.15, 0.2) is 5.96 Å². The number of aryl methyl sites for hydroxylation is 1. The van der Waals surface area contributed by atoms with Crippen LogP contribution in [-0.2, 0) is 23.1 Å². The lowest BCUT2D eigenvalue weighted by molar-refractivity contribution is 0.476. The van der Waals surface area contributed by atoms with Gasteiger partial charge < -0.3 is 10.2 Å². The van der Waals surface area contributed by atoms with E-state index >= 15 is 0 Å². The molecule has 0 saturated carbocycles. The van der Waals surface area contributed by atoms with Crippen LogP contribution in [0.5, 0.6) is 0 Å². The van der Waals surface area contributed by atoms with Crippen molar-refractivity contribution >= 4 is 40.0 Å². The van der Waals surface area contributed by atoms with Gasteiger partial charge in [0, 0.05) is 41.3 Å². The molecule has 8 heteroatoms. The van der Waals surface area contributed by atoms with Gasteiger partial charge in [-0.1, -0.05) is 42.0 Å². The van der Waals surface area contributed by atoms with E-state index in [0.717, 1.165) is 18.1 Å². The molecule has 0 aromatic heterocycles. The summed E-state index contributed by atoms with van der Waals surface area (Å²) in [6, 6.07) is 15.3. The fourth-order valence-corrected chi connectivity index (χ4v) is 3.50. The highest BCUT2D eigenvalue weighted by Gasteiger charge is 2.16. The second-order valence-corrected chi connectivity index (χ2v) is 8.83. The third-order valence-corrected chi connectivity index (χ3v) is 6.10. The number of aliphatic imine (C=N–C) groups is 1. The molecule has 0 aliphatic heterocycles. The first-order chi connectivity index (χ1) is 12.7. The van der Waals surface area contributed by atoms with Crippen LogP contribution in [0.4, 0.5) is 0 Å². The minimum Gasteiger partial charge on any atom is -0.352 e. The van der Waals surface area contributed by atoms with Crippen LogP contribution >= 0.6 is 24.0 Å². The number of sulfonamides is 1. The number of hydrogen-bond donors (Lipinski definition) is 1. The zero-order valence-electron chi connectivity index (χ0n) is 17.0. The molecule has 1 N–H and O–H groups in total. The molecule has 0 atom stereocenters. The summed E-state index contributed by atoms with van der Waals surface area (Å²) < 4.78 is 25.5. The van der Waals surface area contributed by atoms with Gasteiger partial charge in [-0.05, 0) is 30.2 Å². The number of nitrogens with zero attached hydrogens (tertiary/aromatic N) is 3. The largest absolute Gasteiger partial charge is 0.352 e. The topological polar surface area (TPSA) is 65.0 Å². The molecule has 0 spiro atoms. The second-order valence-electron chi connectivity index (χ2n) is 6.67. The number of nitrogens with one attached hydrogen (secondary N) is 1. The van der Waals surface area contributed by atoms with E-state index in [1.165, 1.54) is 29.5 Å². The monoisotopic (exact) mass is 516 g/mol. The predicted molar refractivity (Wildman–Crippen MR) is 126 cm³/mol. The number of benzene rings is 2. The number of rotatable bonds is 6. The van der Waals surface area contributed by atoms with Crippen LogP contribution in [-0.4, -0.2) is 51.8 Å². The van der Waals surface area contributed by atoms with E-state index < -0.39 is 10.0 Å². The summed E-state index contributed by atoms with van der Waals surface area (Å²) in [4.78, 5) is 6.67. The SMILES string of the molecule is CN=C(NCc1ccc(S(=O)(=O)N(C)C)cc1)N(C)Cc1ccc(C)cc1.I. The molecule has 2 rings (SSSR count). The van der Waals surface area contributed by atoms with Gasteiger partial charge in [-0.2, -0.15) is 0 Å². The van der Waals surface area contributed by atoms with Crippen molar-refractivity contribution in [2.45, 2.75) is 24.9 Å². The molecular formula is C20H29IN4O2S. The van der Waals surface area contributed by atoms with E-state index in [1.54, 1.807) is 19.2 Å². The summed E-state index contributed by atoms with van der Waals surface area (Å²) in [5, 5.41) is 3.31. The number of halogens is 1. The number of guanidine groups is 1. The van der Waals surface area contributed by atoms with Crippen molar-refractivity contribution in [2.75, 3.05) is 28.2 Å². The van der Waals surface area contributed by atoms with Gasteiger partial charge in [0.05, 0.1) is 4.90 Å². The second kappa shape index (κ2) is 10.8. The molecule has 0 fully saturated rings. The summed E-state index contributed by atoms with van der Waals surface area (Å²) >= 11 is 0. The average molecular weight is 516 g/mol. The van der Waals surface area contributed by atoms with Crippen LogP contribution in [0.1, 0.15) is 16.7 Å². The third-order valence-electron chi connectivity index (χ3n) is 4.27. The van der Waals surface area contributed by atoms with Crippen molar-refractivity contribution in [2.24, 2.45) is 4.99 Å². The van der Waals surface area contributed by atoms with Crippen molar-refractivity contribution in [3.63, 3.8) is 0 Å². The van der Waals surface area contributed by atoms with Crippen LogP contribution in [0.15, 0.2) is 58.4 Å². The zero-order valence-corrected chi connectivity index (χ0v) is 20.2. The molecule has 0 unspecified atom stereocenters. The van der Waals surface area contributed by atoms with Crippen LogP contribution in [0.25, 0.3) is 0 Å². The molecule has 0 saturated heterocycles. The minimum atomic E-state index is -3.40. The third kappa shape index (κ3) is 6.46. The summed E-state index contributed by atoms with van der Waals surface area (Å²) in [7, 11) is 3.39. The van der Waals surface area contributed by atoms with Gasteiger partial charge in [-0.3, -0.25) is 4.99 Å². The molecule has 28 heavy (non-hydrogen) atoms. The Morgan fingerprint density at radius 3 is 2.00 bits per heavy atom. The van der Waals surface area contributed by atoms with Gasteiger partial charge in [0.2, 0.25) is 10.0 Å².